The molecule has 2 amide bonds. The highest BCUT2D eigenvalue weighted by Gasteiger charge is 2.31. The number of sulfonamides is 1. The molecule has 10 heteroatoms. The molecule has 0 aliphatic carbocycles. The summed E-state index contributed by atoms with van der Waals surface area (Å²) >= 11 is 12.8. The number of fused-ring (bicyclic) bond motifs is 1. The average Bonchev–Trinajstić information content (AvgIpc) is 2.85. The molecule has 0 aliphatic heterocycles. The van der Waals surface area contributed by atoms with Gasteiger partial charge in [-0.25, -0.2) is 8.42 Å². The Bertz CT molecular complexity index is 1370. The molecule has 0 fully saturated rings. The van der Waals surface area contributed by atoms with Crippen molar-refractivity contribution in [1.82, 2.24) is 10.2 Å². The zero-order chi connectivity index (χ0) is 27.3. The Kier molecular flexibility index (Phi) is 9.45. The quantitative estimate of drug-likeness (QED) is 0.365. The van der Waals surface area contributed by atoms with Gasteiger partial charge in [-0.15, -0.1) is 0 Å². The lowest BCUT2D eigenvalue weighted by Gasteiger charge is -2.32. The standard InChI is InChI=1S/C27H31Cl2N3O4S/c1-5-18(2)30-27(34)19(3)31(16-22-23(28)13-9-14-24(22)29)26(33)17-32(37(4,35)36)25-15-8-11-20-10-6-7-12-21(20)25/h6-15,18-19H,5,16-17H2,1-4H3,(H,30,34)/t18-,19+/m0/s1. The summed E-state index contributed by atoms with van der Waals surface area (Å²) in [5, 5.41) is 5.09. The maximum Gasteiger partial charge on any atom is 0.244 e. The zero-order valence-electron chi connectivity index (χ0n) is 21.2. The first-order valence-electron chi connectivity index (χ1n) is 11.9. The van der Waals surface area contributed by atoms with E-state index in [0.717, 1.165) is 15.9 Å². The molecule has 0 unspecified atom stereocenters. The van der Waals surface area contributed by atoms with Gasteiger partial charge in [-0.2, -0.15) is 0 Å². The number of amides is 2. The largest absolute Gasteiger partial charge is 0.352 e. The fourth-order valence-electron chi connectivity index (χ4n) is 3.92. The number of rotatable bonds is 10. The van der Waals surface area contributed by atoms with Crippen LogP contribution >= 0.6 is 23.2 Å². The lowest BCUT2D eigenvalue weighted by molar-refractivity contribution is -0.139. The van der Waals surface area contributed by atoms with Crippen LogP contribution in [0.5, 0.6) is 0 Å². The summed E-state index contributed by atoms with van der Waals surface area (Å²) in [7, 11) is -3.86. The molecule has 7 nitrogen and oxygen atoms in total. The third-order valence-corrected chi connectivity index (χ3v) is 8.11. The summed E-state index contributed by atoms with van der Waals surface area (Å²) in [6.07, 6.45) is 1.77. The number of carbonyl (C=O) groups excluding carboxylic acids is 2. The third-order valence-electron chi connectivity index (χ3n) is 6.27. The molecule has 198 valence electrons. The second kappa shape index (κ2) is 12.2. The van der Waals surface area contributed by atoms with Crippen molar-refractivity contribution in [2.24, 2.45) is 0 Å². The first-order chi connectivity index (χ1) is 17.4. The second-order valence-electron chi connectivity index (χ2n) is 8.98. The molecule has 0 bridgehead atoms. The number of anilines is 1. The Hall–Kier alpha value is -2.81. The molecule has 0 aliphatic rings. The van der Waals surface area contributed by atoms with Crippen molar-refractivity contribution in [3.05, 3.63) is 76.3 Å². The van der Waals surface area contributed by atoms with Crippen LogP contribution in [-0.2, 0) is 26.2 Å². The molecular weight excluding hydrogens is 533 g/mol. The van der Waals surface area contributed by atoms with E-state index >= 15 is 0 Å². The Morgan fingerprint density at radius 1 is 0.946 bits per heavy atom. The van der Waals surface area contributed by atoms with Gasteiger partial charge in [-0.1, -0.05) is 72.6 Å². The van der Waals surface area contributed by atoms with Crippen molar-refractivity contribution in [2.45, 2.75) is 45.8 Å². The molecule has 0 saturated carbocycles. The van der Waals surface area contributed by atoms with Crippen LogP contribution in [0.15, 0.2) is 60.7 Å². The number of carbonyl (C=O) groups is 2. The van der Waals surface area contributed by atoms with E-state index in [2.05, 4.69) is 5.32 Å². The Balaban J connectivity index is 2.03. The SMILES string of the molecule is CC[C@H](C)NC(=O)[C@@H](C)N(Cc1c(Cl)cccc1Cl)C(=O)CN(c1cccc2ccccc12)S(C)(=O)=O. The van der Waals surface area contributed by atoms with Crippen LogP contribution in [0.3, 0.4) is 0 Å². The van der Waals surface area contributed by atoms with Gasteiger partial charge >= 0.3 is 0 Å². The molecule has 0 radical (unpaired) electrons. The van der Waals surface area contributed by atoms with Crippen LogP contribution in [0, 0.1) is 0 Å². The van der Waals surface area contributed by atoms with Crippen molar-refractivity contribution < 1.29 is 18.0 Å². The molecule has 3 aromatic carbocycles. The fraction of sp³-hybridized carbons (Fsp3) is 0.333. The highest BCUT2D eigenvalue weighted by molar-refractivity contribution is 7.92. The Morgan fingerprint density at radius 2 is 1.54 bits per heavy atom. The third kappa shape index (κ3) is 6.94. The van der Waals surface area contributed by atoms with Crippen molar-refractivity contribution in [3.8, 4) is 0 Å². The second-order valence-corrected chi connectivity index (χ2v) is 11.7. The lowest BCUT2D eigenvalue weighted by Crippen LogP contribution is -2.52. The molecule has 0 spiro atoms. The van der Waals surface area contributed by atoms with Gasteiger partial charge in [-0.05, 0) is 43.9 Å². The summed E-state index contributed by atoms with van der Waals surface area (Å²) in [4.78, 5) is 28.1. The van der Waals surface area contributed by atoms with Gasteiger partial charge in [0.1, 0.15) is 12.6 Å². The molecule has 2 atom stereocenters. The van der Waals surface area contributed by atoms with E-state index < -0.39 is 28.5 Å². The van der Waals surface area contributed by atoms with Crippen LogP contribution in [0.1, 0.15) is 32.8 Å². The summed E-state index contributed by atoms with van der Waals surface area (Å²) in [5.74, 6) is -0.928. The lowest BCUT2D eigenvalue weighted by atomic mass is 10.1. The predicted molar refractivity (Wildman–Crippen MR) is 151 cm³/mol. The van der Waals surface area contributed by atoms with Gasteiger partial charge in [0, 0.05) is 33.6 Å². The van der Waals surface area contributed by atoms with E-state index in [0.29, 0.717) is 33.1 Å². The minimum atomic E-state index is -3.86. The average molecular weight is 565 g/mol. The Morgan fingerprint density at radius 3 is 2.16 bits per heavy atom. The first kappa shape index (κ1) is 28.8. The van der Waals surface area contributed by atoms with Gasteiger partial charge in [-0.3, -0.25) is 13.9 Å². The summed E-state index contributed by atoms with van der Waals surface area (Å²) in [6.45, 7) is 4.84. The molecule has 3 aromatic rings. The molecule has 1 N–H and O–H groups in total. The first-order valence-corrected chi connectivity index (χ1v) is 14.5. The zero-order valence-corrected chi connectivity index (χ0v) is 23.6. The van der Waals surface area contributed by atoms with Gasteiger partial charge in [0.2, 0.25) is 21.8 Å². The molecule has 0 heterocycles. The van der Waals surface area contributed by atoms with E-state index in [1.807, 2.05) is 32.0 Å². The van der Waals surface area contributed by atoms with E-state index in [4.69, 9.17) is 23.2 Å². The molecule has 0 aromatic heterocycles. The van der Waals surface area contributed by atoms with Crippen LogP contribution in [-0.4, -0.2) is 50.0 Å². The number of benzene rings is 3. The van der Waals surface area contributed by atoms with E-state index in [1.165, 1.54) is 4.90 Å². The van der Waals surface area contributed by atoms with Gasteiger partial charge < -0.3 is 10.2 Å². The minimum Gasteiger partial charge on any atom is -0.352 e. The topological polar surface area (TPSA) is 86.8 Å². The Labute approximate surface area is 228 Å². The summed E-state index contributed by atoms with van der Waals surface area (Å²) < 4.78 is 26.9. The fourth-order valence-corrected chi connectivity index (χ4v) is 5.30. The molecule has 0 saturated heterocycles. The van der Waals surface area contributed by atoms with E-state index in [-0.39, 0.29) is 18.5 Å². The van der Waals surface area contributed by atoms with Crippen LogP contribution in [0.4, 0.5) is 5.69 Å². The molecular formula is C27H31Cl2N3O4S. The number of nitrogens with zero attached hydrogens (tertiary/aromatic N) is 2. The summed E-state index contributed by atoms with van der Waals surface area (Å²) in [5.41, 5.74) is 0.847. The number of hydrogen-bond acceptors (Lipinski definition) is 4. The van der Waals surface area contributed by atoms with Crippen molar-refractivity contribution in [1.29, 1.82) is 0 Å². The predicted octanol–water partition coefficient (Wildman–Crippen LogP) is 5.24. The molecule has 3 rings (SSSR count). The number of nitrogens with one attached hydrogen (secondary N) is 1. The van der Waals surface area contributed by atoms with Crippen LogP contribution in [0.2, 0.25) is 10.0 Å². The number of halogens is 2. The van der Waals surface area contributed by atoms with Crippen LogP contribution < -0.4 is 9.62 Å². The normalized spacial score (nSPS) is 13.1. The maximum absolute atomic E-state index is 13.8. The molecule has 37 heavy (non-hydrogen) atoms. The van der Waals surface area contributed by atoms with E-state index in [1.54, 1.807) is 49.4 Å². The van der Waals surface area contributed by atoms with Gasteiger partial charge in [0.05, 0.1) is 11.9 Å². The van der Waals surface area contributed by atoms with Crippen molar-refractivity contribution in [3.63, 3.8) is 0 Å². The van der Waals surface area contributed by atoms with Crippen molar-refractivity contribution >= 4 is 61.5 Å². The highest BCUT2D eigenvalue weighted by Crippen LogP contribution is 2.30. The minimum absolute atomic E-state index is 0.0699. The number of hydrogen-bond donors (Lipinski definition) is 1. The van der Waals surface area contributed by atoms with Gasteiger partial charge in [0.25, 0.3) is 0 Å². The summed E-state index contributed by atoms with van der Waals surface area (Å²) in [6, 6.07) is 16.6. The smallest absolute Gasteiger partial charge is 0.244 e. The maximum atomic E-state index is 13.8. The van der Waals surface area contributed by atoms with Crippen molar-refractivity contribution in [2.75, 3.05) is 17.1 Å². The monoisotopic (exact) mass is 563 g/mol. The highest BCUT2D eigenvalue weighted by atomic mass is 35.5. The van der Waals surface area contributed by atoms with Gasteiger partial charge in [0.15, 0.2) is 0 Å². The van der Waals surface area contributed by atoms with Crippen LogP contribution in [0.25, 0.3) is 10.8 Å². The van der Waals surface area contributed by atoms with E-state index in [9.17, 15) is 18.0 Å².